The Morgan fingerprint density at radius 3 is 2.65 bits per heavy atom. The molecule has 0 spiro atoms. The van der Waals surface area contributed by atoms with Crippen molar-refractivity contribution in [3.63, 3.8) is 0 Å². The van der Waals surface area contributed by atoms with Gasteiger partial charge in [0.2, 0.25) is 11.8 Å². The molecule has 1 aromatic heterocycles. The van der Waals surface area contributed by atoms with Crippen LogP contribution < -0.4 is 9.47 Å². The Balaban J connectivity index is 2.07. The lowest BCUT2D eigenvalue weighted by molar-refractivity contribution is -0.0757. The van der Waals surface area contributed by atoms with Crippen LogP contribution in [0.3, 0.4) is 0 Å². The number of pyridine rings is 1. The number of amides is 1. The summed E-state index contributed by atoms with van der Waals surface area (Å²) in [6.45, 7) is 0.610. The molecule has 1 aromatic rings. The van der Waals surface area contributed by atoms with Gasteiger partial charge in [-0.25, -0.2) is 5.06 Å². The average molecular weight is 280 g/mol. The molecule has 0 aliphatic heterocycles. The van der Waals surface area contributed by atoms with Gasteiger partial charge in [0.1, 0.15) is 0 Å². The van der Waals surface area contributed by atoms with Crippen molar-refractivity contribution in [3.8, 4) is 11.8 Å². The van der Waals surface area contributed by atoms with Crippen molar-refractivity contribution in [2.24, 2.45) is 5.92 Å². The summed E-state index contributed by atoms with van der Waals surface area (Å²) < 4.78 is 10.7. The molecule has 0 saturated heterocycles. The Morgan fingerprint density at radius 2 is 2.05 bits per heavy atom. The summed E-state index contributed by atoms with van der Waals surface area (Å²) in [5.74, 6) is 1.27. The highest BCUT2D eigenvalue weighted by atomic mass is 16.7. The van der Waals surface area contributed by atoms with E-state index in [1.165, 1.54) is 27.1 Å². The smallest absolute Gasteiger partial charge is 0.277 e. The minimum absolute atomic E-state index is 0.278. The summed E-state index contributed by atoms with van der Waals surface area (Å²) >= 11 is 0. The molecule has 0 N–H and O–H groups in total. The molecular formula is C14H20N2O4. The predicted octanol–water partition coefficient (Wildman–Crippen LogP) is 1.90. The third kappa shape index (κ3) is 3.84. The van der Waals surface area contributed by atoms with Gasteiger partial charge in [-0.15, -0.1) is 0 Å². The minimum atomic E-state index is -0.278. The second-order valence-electron chi connectivity index (χ2n) is 4.80. The highest BCUT2D eigenvalue weighted by Crippen LogP contribution is 2.32. The normalized spacial score (nSPS) is 13.9. The van der Waals surface area contributed by atoms with Crippen LogP contribution in [0.15, 0.2) is 12.1 Å². The van der Waals surface area contributed by atoms with Gasteiger partial charge in [-0.1, -0.05) is 12.8 Å². The van der Waals surface area contributed by atoms with Crippen molar-refractivity contribution < 1.29 is 19.1 Å². The van der Waals surface area contributed by atoms with E-state index in [4.69, 9.17) is 14.3 Å². The lowest BCUT2D eigenvalue weighted by Gasteiger charge is -2.15. The minimum Gasteiger partial charge on any atom is -0.481 e. The second-order valence-corrected chi connectivity index (χ2v) is 4.80. The summed E-state index contributed by atoms with van der Waals surface area (Å²) in [6.07, 6.45) is 3.61. The number of methoxy groups -OCH3 is 1. The van der Waals surface area contributed by atoms with E-state index < -0.39 is 0 Å². The largest absolute Gasteiger partial charge is 0.481 e. The number of carbonyl (C=O) groups is 1. The van der Waals surface area contributed by atoms with Crippen molar-refractivity contribution in [2.45, 2.75) is 19.3 Å². The molecule has 110 valence electrons. The second kappa shape index (κ2) is 6.56. The molecule has 6 nitrogen and oxygen atoms in total. The van der Waals surface area contributed by atoms with E-state index in [-0.39, 0.29) is 5.91 Å². The maximum Gasteiger partial charge on any atom is 0.277 e. The monoisotopic (exact) mass is 280 g/mol. The molecule has 0 aromatic carbocycles. The van der Waals surface area contributed by atoms with E-state index in [0.717, 1.165) is 17.4 Å². The molecular weight excluding hydrogens is 260 g/mol. The van der Waals surface area contributed by atoms with Gasteiger partial charge in [0.25, 0.3) is 5.91 Å². The molecule has 2 rings (SSSR count). The molecule has 1 fully saturated rings. The molecule has 20 heavy (non-hydrogen) atoms. The molecule has 1 aliphatic carbocycles. The summed E-state index contributed by atoms with van der Waals surface area (Å²) in [5.41, 5.74) is 0.419. The fraction of sp³-hybridized carbons (Fsp3) is 0.571. The van der Waals surface area contributed by atoms with Gasteiger partial charge < -0.3 is 9.47 Å². The quantitative estimate of drug-likeness (QED) is 0.714. The topological polar surface area (TPSA) is 60.9 Å². The fourth-order valence-corrected chi connectivity index (χ4v) is 1.78. The van der Waals surface area contributed by atoms with Crippen molar-refractivity contribution >= 4 is 5.91 Å². The van der Waals surface area contributed by atoms with Crippen LogP contribution in [-0.2, 0) is 4.84 Å². The third-order valence-corrected chi connectivity index (χ3v) is 3.27. The number of hydroxylamine groups is 2. The van der Waals surface area contributed by atoms with Gasteiger partial charge in [0.15, 0.2) is 0 Å². The standard InChI is InChI=1S/C14H20N2O4/c1-16(19-3)14(17)11-8-12(18-2)15-13(9-11)20-7-6-10-4-5-10/h8-10H,4-7H2,1-3H3. The summed E-state index contributed by atoms with van der Waals surface area (Å²) in [6, 6.07) is 3.17. The SMILES string of the molecule is COc1cc(C(=O)N(C)OC)cc(OCCC2CC2)n1. The van der Waals surface area contributed by atoms with E-state index in [1.54, 1.807) is 19.2 Å². The van der Waals surface area contributed by atoms with E-state index >= 15 is 0 Å². The number of ether oxygens (including phenoxy) is 2. The Morgan fingerprint density at radius 1 is 1.35 bits per heavy atom. The first-order valence-electron chi connectivity index (χ1n) is 6.65. The average Bonchev–Trinajstić information content (AvgIpc) is 3.29. The van der Waals surface area contributed by atoms with E-state index in [2.05, 4.69) is 4.98 Å². The number of aromatic nitrogens is 1. The van der Waals surface area contributed by atoms with Gasteiger partial charge in [0, 0.05) is 19.2 Å². The molecule has 1 heterocycles. The number of hydrogen-bond donors (Lipinski definition) is 0. The third-order valence-electron chi connectivity index (χ3n) is 3.27. The van der Waals surface area contributed by atoms with Gasteiger partial charge in [-0.05, 0) is 12.3 Å². The van der Waals surface area contributed by atoms with Crippen molar-refractivity contribution in [1.29, 1.82) is 0 Å². The van der Waals surface area contributed by atoms with Crippen molar-refractivity contribution in [2.75, 3.05) is 27.9 Å². The zero-order valence-electron chi connectivity index (χ0n) is 12.1. The van der Waals surface area contributed by atoms with Crippen LogP contribution in [0, 0.1) is 5.92 Å². The molecule has 0 bridgehead atoms. The Kier molecular flexibility index (Phi) is 4.79. The first-order valence-corrected chi connectivity index (χ1v) is 6.65. The highest BCUT2D eigenvalue weighted by molar-refractivity contribution is 5.93. The summed E-state index contributed by atoms with van der Waals surface area (Å²) in [4.78, 5) is 21.1. The van der Waals surface area contributed by atoms with Gasteiger partial charge >= 0.3 is 0 Å². The lowest BCUT2D eigenvalue weighted by atomic mass is 10.2. The molecule has 0 atom stereocenters. The number of nitrogens with zero attached hydrogens (tertiary/aromatic N) is 2. The van der Waals surface area contributed by atoms with Crippen LogP contribution in [-0.4, -0.2) is 43.8 Å². The Bertz CT molecular complexity index is 474. The van der Waals surface area contributed by atoms with E-state index in [9.17, 15) is 4.79 Å². The first-order chi connectivity index (χ1) is 9.63. The van der Waals surface area contributed by atoms with Gasteiger partial charge in [0.05, 0.1) is 26.4 Å². The number of carbonyl (C=O) groups excluding carboxylic acids is 1. The molecule has 6 heteroatoms. The van der Waals surface area contributed by atoms with E-state index in [0.29, 0.717) is 23.9 Å². The van der Waals surface area contributed by atoms with Crippen molar-refractivity contribution in [1.82, 2.24) is 10.0 Å². The molecule has 1 aliphatic rings. The lowest BCUT2D eigenvalue weighted by Crippen LogP contribution is -2.25. The van der Waals surface area contributed by atoms with Crippen LogP contribution >= 0.6 is 0 Å². The van der Waals surface area contributed by atoms with Crippen LogP contribution in [0.4, 0.5) is 0 Å². The van der Waals surface area contributed by atoms with Crippen molar-refractivity contribution in [3.05, 3.63) is 17.7 Å². The molecule has 1 saturated carbocycles. The maximum absolute atomic E-state index is 12.1. The first kappa shape index (κ1) is 14.6. The van der Waals surface area contributed by atoms with Crippen LogP contribution in [0.2, 0.25) is 0 Å². The number of rotatable bonds is 7. The maximum atomic E-state index is 12.1. The van der Waals surface area contributed by atoms with Gasteiger partial charge in [-0.2, -0.15) is 4.98 Å². The fourth-order valence-electron chi connectivity index (χ4n) is 1.78. The predicted molar refractivity (Wildman–Crippen MR) is 72.7 cm³/mol. The zero-order valence-corrected chi connectivity index (χ0v) is 12.1. The van der Waals surface area contributed by atoms with E-state index in [1.807, 2.05) is 0 Å². The Hall–Kier alpha value is -1.82. The Labute approximate surface area is 118 Å². The highest BCUT2D eigenvalue weighted by Gasteiger charge is 2.21. The van der Waals surface area contributed by atoms with Crippen LogP contribution in [0.25, 0.3) is 0 Å². The molecule has 0 unspecified atom stereocenters. The summed E-state index contributed by atoms with van der Waals surface area (Å²) in [7, 11) is 4.48. The van der Waals surface area contributed by atoms with Gasteiger partial charge in [-0.3, -0.25) is 9.63 Å². The molecule has 0 radical (unpaired) electrons. The number of hydrogen-bond acceptors (Lipinski definition) is 5. The van der Waals surface area contributed by atoms with Crippen LogP contribution in [0.5, 0.6) is 11.8 Å². The molecule has 1 amide bonds. The zero-order chi connectivity index (χ0) is 14.5. The summed E-state index contributed by atoms with van der Waals surface area (Å²) in [5, 5.41) is 1.14. The van der Waals surface area contributed by atoms with Crippen LogP contribution in [0.1, 0.15) is 29.6 Å².